The van der Waals surface area contributed by atoms with Crippen LogP contribution in [0.4, 0.5) is 0 Å². The number of aliphatic imine (C=N–C) groups is 1. The Morgan fingerprint density at radius 3 is 2.74 bits per heavy atom. The number of phenolic OH excluding ortho intramolecular Hbond substituents is 1. The van der Waals surface area contributed by atoms with Gasteiger partial charge in [0, 0.05) is 44.5 Å². The lowest BCUT2D eigenvalue weighted by Crippen LogP contribution is -2.38. The van der Waals surface area contributed by atoms with E-state index in [9.17, 15) is 5.11 Å². The third-order valence-electron chi connectivity index (χ3n) is 4.27. The number of benzene rings is 1. The van der Waals surface area contributed by atoms with E-state index in [2.05, 4.69) is 40.4 Å². The summed E-state index contributed by atoms with van der Waals surface area (Å²) < 4.78 is 7.09. The highest BCUT2D eigenvalue weighted by atomic mass is 16.5. The molecule has 27 heavy (non-hydrogen) atoms. The number of hydrogen-bond acceptors (Lipinski definition) is 4. The zero-order valence-corrected chi connectivity index (χ0v) is 17.2. The van der Waals surface area contributed by atoms with Crippen LogP contribution in [0.1, 0.15) is 43.5 Å². The molecule has 0 unspecified atom stereocenters. The maximum atomic E-state index is 10.1. The molecular formula is C20H31N5O2. The average molecular weight is 374 g/mol. The number of phenols is 1. The highest BCUT2D eigenvalue weighted by Crippen LogP contribution is 2.24. The van der Waals surface area contributed by atoms with Crippen molar-refractivity contribution in [1.29, 1.82) is 0 Å². The first-order valence-electron chi connectivity index (χ1n) is 9.23. The van der Waals surface area contributed by atoms with Gasteiger partial charge in [-0.25, -0.2) is 4.99 Å². The van der Waals surface area contributed by atoms with Crippen molar-refractivity contribution >= 4 is 5.96 Å². The molecule has 0 atom stereocenters. The fourth-order valence-electron chi connectivity index (χ4n) is 2.94. The third-order valence-corrected chi connectivity index (χ3v) is 4.27. The van der Waals surface area contributed by atoms with Crippen molar-refractivity contribution < 1.29 is 9.84 Å². The maximum Gasteiger partial charge on any atom is 0.194 e. The molecular weight excluding hydrogens is 342 g/mol. The molecule has 7 nitrogen and oxygen atoms in total. The van der Waals surface area contributed by atoms with Crippen molar-refractivity contribution in [3.8, 4) is 11.5 Å². The monoisotopic (exact) mass is 373 g/mol. The molecule has 1 aromatic heterocycles. The van der Waals surface area contributed by atoms with Crippen molar-refractivity contribution in [2.75, 3.05) is 20.7 Å². The van der Waals surface area contributed by atoms with E-state index in [0.717, 1.165) is 23.8 Å². The van der Waals surface area contributed by atoms with Gasteiger partial charge in [0.2, 0.25) is 0 Å². The van der Waals surface area contributed by atoms with E-state index in [4.69, 9.17) is 4.74 Å². The first-order valence-corrected chi connectivity index (χ1v) is 9.23. The first-order chi connectivity index (χ1) is 12.8. The van der Waals surface area contributed by atoms with E-state index in [0.29, 0.717) is 24.8 Å². The second-order valence-corrected chi connectivity index (χ2v) is 6.89. The van der Waals surface area contributed by atoms with Crippen molar-refractivity contribution in [2.45, 2.75) is 39.8 Å². The van der Waals surface area contributed by atoms with Crippen molar-refractivity contribution in [3.63, 3.8) is 0 Å². The number of guanidine groups is 1. The predicted octanol–water partition coefficient (Wildman–Crippen LogP) is 2.86. The molecule has 1 aromatic carbocycles. The van der Waals surface area contributed by atoms with Crippen LogP contribution in [0.25, 0.3) is 0 Å². The van der Waals surface area contributed by atoms with E-state index in [1.165, 1.54) is 5.56 Å². The zero-order chi connectivity index (χ0) is 20.0. The molecule has 0 saturated carbocycles. The number of aryl methyl sites for hydroxylation is 1. The molecule has 2 rings (SSSR count). The van der Waals surface area contributed by atoms with Gasteiger partial charge >= 0.3 is 0 Å². The second-order valence-electron chi connectivity index (χ2n) is 6.89. The maximum absolute atomic E-state index is 10.1. The summed E-state index contributed by atoms with van der Waals surface area (Å²) >= 11 is 0. The van der Waals surface area contributed by atoms with Crippen LogP contribution in [0.2, 0.25) is 0 Å². The summed E-state index contributed by atoms with van der Waals surface area (Å²) in [4.78, 5) is 6.76. The van der Waals surface area contributed by atoms with Crippen LogP contribution in [-0.4, -0.2) is 46.4 Å². The Morgan fingerprint density at radius 1 is 1.37 bits per heavy atom. The Bertz CT molecular complexity index is 783. The standard InChI is InChI=1S/C20H31N5O2/c1-7-21-20(22-11-15-10-17(27-6)8-9-18(15)26)24(4)12-16-13-25(5)23-19(16)14(2)3/h8-10,13-14,26H,7,11-12H2,1-6H3,(H,21,22). The highest BCUT2D eigenvalue weighted by Gasteiger charge is 2.15. The normalized spacial score (nSPS) is 11.7. The Morgan fingerprint density at radius 2 is 2.11 bits per heavy atom. The van der Waals surface area contributed by atoms with Crippen LogP contribution in [0.3, 0.4) is 0 Å². The summed E-state index contributed by atoms with van der Waals surface area (Å²) in [5, 5.41) is 18.0. The Labute approximate surface area is 161 Å². The number of nitrogens with one attached hydrogen (secondary N) is 1. The molecule has 1 heterocycles. The number of aromatic nitrogens is 2. The van der Waals surface area contributed by atoms with Gasteiger partial charge in [0.15, 0.2) is 5.96 Å². The van der Waals surface area contributed by atoms with E-state index in [1.54, 1.807) is 25.3 Å². The molecule has 148 valence electrons. The SMILES string of the molecule is CCNC(=NCc1cc(OC)ccc1O)N(C)Cc1cn(C)nc1C(C)C. The number of rotatable bonds is 7. The summed E-state index contributed by atoms with van der Waals surface area (Å²) in [5.41, 5.74) is 3.01. The molecule has 0 saturated heterocycles. The van der Waals surface area contributed by atoms with Crippen molar-refractivity contribution in [3.05, 3.63) is 41.2 Å². The van der Waals surface area contributed by atoms with Crippen LogP contribution >= 0.6 is 0 Å². The summed E-state index contributed by atoms with van der Waals surface area (Å²) in [6.45, 7) is 8.16. The van der Waals surface area contributed by atoms with Crippen molar-refractivity contribution in [2.24, 2.45) is 12.0 Å². The molecule has 0 radical (unpaired) electrons. The van der Waals surface area contributed by atoms with E-state index < -0.39 is 0 Å². The minimum atomic E-state index is 0.215. The van der Waals surface area contributed by atoms with Gasteiger partial charge in [0.25, 0.3) is 0 Å². The number of aromatic hydroxyl groups is 1. The molecule has 0 fully saturated rings. The molecule has 0 aliphatic heterocycles. The third kappa shape index (κ3) is 5.39. The minimum absolute atomic E-state index is 0.215. The molecule has 0 aliphatic rings. The first kappa shape index (κ1) is 20.6. The van der Waals surface area contributed by atoms with Gasteiger partial charge in [-0.05, 0) is 31.0 Å². The number of nitrogens with zero attached hydrogens (tertiary/aromatic N) is 4. The van der Waals surface area contributed by atoms with Gasteiger partial charge in [-0.1, -0.05) is 13.8 Å². The number of methoxy groups -OCH3 is 1. The van der Waals surface area contributed by atoms with Gasteiger partial charge in [-0.15, -0.1) is 0 Å². The van der Waals surface area contributed by atoms with Crippen LogP contribution in [-0.2, 0) is 20.1 Å². The van der Waals surface area contributed by atoms with Crippen LogP contribution < -0.4 is 10.1 Å². The highest BCUT2D eigenvalue weighted by molar-refractivity contribution is 5.79. The lowest BCUT2D eigenvalue weighted by Gasteiger charge is -2.22. The second kappa shape index (κ2) is 9.30. The molecule has 7 heteroatoms. The smallest absolute Gasteiger partial charge is 0.194 e. The summed E-state index contributed by atoms with van der Waals surface area (Å²) in [7, 11) is 5.56. The molecule has 0 spiro atoms. The molecule has 0 amide bonds. The minimum Gasteiger partial charge on any atom is -0.508 e. The molecule has 2 aromatic rings. The van der Waals surface area contributed by atoms with Crippen LogP contribution in [0.5, 0.6) is 11.5 Å². The fraction of sp³-hybridized carbons (Fsp3) is 0.500. The quantitative estimate of drug-likeness (QED) is 0.577. The summed E-state index contributed by atoms with van der Waals surface area (Å²) in [5.74, 6) is 2.06. The van der Waals surface area contributed by atoms with E-state index in [-0.39, 0.29) is 5.75 Å². The van der Waals surface area contributed by atoms with Gasteiger partial charge in [-0.2, -0.15) is 5.10 Å². The van der Waals surface area contributed by atoms with Crippen LogP contribution in [0, 0.1) is 0 Å². The lowest BCUT2D eigenvalue weighted by atomic mass is 10.1. The molecule has 2 N–H and O–H groups in total. The van der Waals surface area contributed by atoms with Gasteiger partial charge < -0.3 is 20.1 Å². The van der Waals surface area contributed by atoms with Crippen LogP contribution in [0.15, 0.2) is 29.4 Å². The largest absolute Gasteiger partial charge is 0.508 e. The average Bonchev–Trinajstić information content (AvgIpc) is 3.00. The Balaban J connectivity index is 2.19. The van der Waals surface area contributed by atoms with Gasteiger partial charge in [0.05, 0.1) is 19.3 Å². The van der Waals surface area contributed by atoms with E-state index >= 15 is 0 Å². The van der Waals surface area contributed by atoms with Crippen molar-refractivity contribution in [1.82, 2.24) is 20.0 Å². The zero-order valence-electron chi connectivity index (χ0n) is 17.2. The predicted molar refractivity (Wildman–Crippen MR) is 108 cm³/mol. The lowest BCUT2D eigenvalue weighted by molar-refractivity contribution is 0.410. The van der Waals surface area contributed by atoms with Gasteiger partial charge in [-0.3, -0.25) is 4.68 Å². The Kier molecular flexibility index (Phi) is 7.10. The number of ether oxygens (including phenoxy) is 1. The molecule has 0 bridgehead atoms. The topological polar surface area (TPSA) is 74.9 Å². The summed E-state index contributed by atoms with van der Waals surface area (Å²) in [6, 6.07) is 5.17. The fourth-order valence-corrected chi connectivity index (χ4v) is 2.94. The van der Waals surface area contributed by atoms with Gasteiger partial charge in [0.1, 0.15) is 11.5 Å². The molecule has 0 aliphatic carbocycles. The van der Waals surface area contributed by atoms with E-state index in [1.807, 2.05) is 25.7 Å². The summed E-state index contributed by atoms with van der Waals surface area (Å²) in [6.07, 6.45) is 2.06. The number of hydrogen-bond donors (Lipinski definition) is 2. The Hall–Kier alpha value is -2.70.